The lowest BCUT2D eigenvalue weighted by Crippen LogP contribution is -2.29. The van der Waals surface area contributed by atoms with Gasteiger partial charge in [0, 0.05) is 10.9 Å². The summed E-state index contributed by atoms with van der Waals surface area (Å²) in [5, 5.41) is 1.06. The van der Waals surface area contributed by atoms with Gasteiger partial charge in [-0.05, 0) is 51.0 Å². The van der Waals surface area contributed by atoms with Gasteiger partial charge in [-0.15, -0.1) is 11.3 Å². The van der Waals surface area contributed by atoms with Crippen molar-refractivity contribution in [3.05, 3.63) is 20.8 Å². The molecular weight excluding hydrogens is 366 g/mol. The van der Waals surface area contributed by atoms with Crippen LogP contribution >= 0.6 is 23.1 Å². The van der Waals surface area contributed by atoms with Gasteiger partial charge in [0.15, 0.2) is 5.16 Å². The van der Waals surface area contributed by atoms with Crippen molar-refractivity contribution < 1.29 is 4.79 Å². The smallest absolute Gasteiger partial charge is 0.263 e. The molecule has 7 heteroatoms. The number of nitrogens with two attached hydrogens (primary N) is 1. The van der Waals surface area contributed by atoms with Crippen molar-refractivity contribution in [3.8, 4) is 0 Å². The van der Waals surface area contributed by atoms with E-state index in [0.717, 1.165) is 35.9 Å². The summed E-state index contributed by atoms with van der Waals surface area (Å²) in [7, 11) is 0. The maximum absolute atomic E-state index is 13.4. The van der Waals surface area contributed by atoms with E-state index in [1.54, 1.807) is 15.9 Å². The summed E-state index contributed by atoms with van der Waals surface area (Å²) < 4.78 is 1.79. The second-order valence-electron chi connectivity index (χ2n) is 6.99. The van der Waals surface area contributed by atoms with Crippen molar-refractivity contribution in [2.75, 3.05) is 0 Å². The number of fused-ring (bicyclic) bond motifs is 3. The first-order chi connectivity index (χ1) is 12.5. The van der Waals surface area contributed by atoms with Crippen molar-refractivity contribution in [1.82, 2.24) is 9.55 Å². The van der Waals surface area contributed by atoms with Gasteiger partial charge < -0.3 is 5.73 Å². The highest BCUT2D eigenvalue weighted by Gasteiger charge is 2.25. The number of hydrogen-bond donors (Lipinski definition) is 1. The van der Waals surface area contributed by atoms with E-state index in [0.29, 0.717) is 11.6 Å². The lowest BCUT2D eigenvalue weighted by molar-refractivity contribution is -0.117. The summed E-state index contributed by atoms with van der Waals surface area (Å²) >= 11 is 2.99. The van der Waals surface area contributed by atoms with Gasteiger partial charge in [-0.3, -0.25) is 14.2 Å². The first-order valence-corrected chi connectivity index (χ1v) is 11.2. The molecule has 0 saturated carbocycles. The zero-order valence-electron chi connectivity index (χ0n) is 15.7. The Morgan fingerprint density at radius 2 is 2.00 bits per heavy atom. The van der Waals surface area contributed by atoms with Crippen LogP contribution in [0.5, 0.6) is 0 Å². The van der Waals surface area contributed by atoms with E-state index in [1.807, 2.05) is 13.8 Å². The molecule has 0 aliphatic heterocycles. The van der Waals surface area contributed by atoms with Crippen LogP contribution in [-0.4, -0.2) is 20.7 Å². The Morgan fingerprint density at radius 1 is 1.27 bits per heavy atom. The number of primary amides is 1. The second kappa shape index (κ2) is 8.13. The van der Waals surface area contributed by atoms with E-state index in [4.69, 9.17) is 10.7 Å². The number of rotatable bonds is 6. The number of aryl methyl sites for hydroxylation is 2. The van der Waals surface area contributed by atoms with Crippen LogP contribution in [0.25, 0.3) is 10.2 Å². The molecule has 0 unspecified atom stereocenters. The molecule has 2 aromatic rings. The van der Waals surface area contributed by atoms with E-state index in [9.17, 15) is 9.59 Å². The highest BCUT2D eigenvalue weighted by Crippen LogP contribution is 2.35. The maximum Gasteiger partial charge on any atom is 0.263 e. The minimum Gasteiger partial charge on any atom is -0.369 e. The lowest BCUT2D eigenvalue weighted by Gasteiger charge is -2.19. The van der Waals surface area contributed by atoms with Gasteiger partial charge in [0.05, 0.1) is 10.6 Å². The molecular formula is C19H27N3O2S2. The molecule has 0 aromatic carbocycles. The normalized spacial score (nSPS) is 16.9. The standard InChI is InChI=1S/C19H27N3O2S2/c1-4-11(3)22-18(24)15-12-9-7-6-8-10-14(12)25-17(15)21-19(22)26-13(5-2)16(20)23/h11,13H,4-10H2,1-3H3,(H2,20,23)/t11-,13-/m0/s1. The predicted molar refractivity (Wildman–Crippen MR) is 109 cm³/mol. The Labute approximate surface area is 162 Å². The highest BCUT2D eigenvalue weighted by molar-refractivity contribution is 8.00. The fraction of sp³-hybridized carbons (Fsp3) is 0.632. The third kappa shape index (κ3) is 3.56. The molecule has 5 nitrogen and oxygen atoms in total. The minimum absolute atomic E-state index is 0.0358. The van der Waals surface area contributed by atoms with Crippen LogP contribution < -0.4 is 11.3 Å². The Bertz CT molecular complexity index is 872. The van der Waals surface area contributed by atoms with Crippen LogP contribution in [0.3, 0.4) is 0 Å². The molecule has 1 aliphatic carbocycles. The van der Waals surface area contributed by atoms with Crippen LogP contribution in [0.1, 0.15) is 69.4 Å². The fourth-order valence-electron chi connectivity index (χ4n) is 3.50. The molecule has 2 aromatic heterocycles. The van der Waals surface area contributed by atoms with Gasteiger partial charge in [0.2, 0.25) is 5.91 Å². The molecule has 26 heavy (non-hydrogen) atoms. The van der Waals surface area contributed by atoms with Crippen molar-refractivity contribution in [2.45, 2.75) is 82.2 Å². The van der Waals surface area contributed by atoms with Crippen LogP contribution in [0.4, 0.5) is 0 Å². The first kappa shape index (κ1) is 19.4. The number of carbonyl (C=O) groups excluding carboxylic acids is 1. The Kier molecular flexibility index (Phi) is 6.07. The van der Waals surface area contributed by atoms with Crippen LogP contribution in [0.15, 0.2) is 9.95 Å². The molecule has 3 rings (SSSR count). The SMILES string of the molecule is CC[C@H](Sc1nc2sc3c(c2c(=O)n1[C@@H](C)CC)CCCCC3)C(N)=O. The van der Waals surface area contributed by atoms with Gasteiger partial charge in [-0.2, -0.15) is 0 Å². The van der Waals surface area contributed by atoms with E-state index in [1.165, 1.54) is 35.0 Å². The zero-order valence-corrected chi connectivity index (χ0v) is 17.3. The van der Waals surface area contributed by atoms with E-state index in [-0.39, 0.29) is 22.8 Å². The summed E-state index contributed by atoms with van der Waals surface area (Å²) in [6.45, 7) is 6.03. The van der Waals surface area contributed by atoms with E-state index < -0.39 is 0 Å². The third-order valence-electron chi connectivity index (χ3n) is 5.21. The number of carbonyl (C=O) groups is 1. The number of aromatic nitrogens is 2. The molecule has 0 saturated heterocycles. The number of thioether (sulfide) groups is 1. The maximum atomic E-state index is 13.4. The highest BCUT2D eigenvalue weighted by atomic mass is 32.2. The summed E-state index contributed by atoms with van der Waals surface area (Å²) in [6.07, 6.45) is 7.01. The molecule has 0 radical (unpaired) electrons. The average molecular weight is 394 g/mol. The molecule has 2 heterocycles. The van der Waals surface area contributed by atoms with Crippen molar-refractivity contribution >= 4 is 39.2 Å². The van der Waals surface area contributed by atoms with Crippen molar-refractivity contribution in [2.24, 2.45) is 5.73 Å². The summed E-state index contributed by atoms with van der Waals surface area (Å²) in [6, 6.07) is 0.0358. The second-order valence-corrected chi connectivity index (χ2v) is 9.24. The Morgan fingerprint density at radius 3 is 2.65 bits per heavy atom. The van der Waals surface area contributed by atoms with Crippen LogP contribution in [-0.2, 0) is 17.6 Å². The largest absolute Gasteiger partial charge is 0.369 e. The van der Waals surface area contributed by atoms with Gasteiger partial charge in [-0.1, -0.05) is 32.0 Å². The van der Waals surface area contributed by atoms with Gasteiger partial charge >= 0.3 is 0 Å². The summed E-state index contributed by atoms with van der Waals surface area (Å²) in [4.78, 5) is 32.1. The Hall–Kier alpha value is -1.34. The molecule has 1 amide bonds. The minimum atomic E-state index is -0.368. The topological polar surface area (TPSA) is 78.0 Å². The van der Waals surface area contributed by atoms with Crippen molar-refractivity contribution in [1.29, 1.82) is 0 Å². The van der Waals surface area contributed by atoms with Crippen LogP contribution in [0.2, 0.25) is 0 Å². The summed E-state index contributed by atoms with van der Waals surface area (Å²) in [5.41, 5.74) is 6.79. The van der Waals surface area contributed by atoms with Gasteiger partial charge in [-0.25, -0.2) is 4.98 Å². The number of nitrogens with zero attached hydrogens (tertiary/aromatic N) is 2. The lowest BCUT2D eigenvalue weighted by atomic mass is 10.1. The monoisotopic (exact) mass is 393 g/mol. The molecule has 0 fully saturated rings. The zero-order chi connectivity index (χ0) is 18.8. The van der Waals surface area contributed by atoms with Gasteiger partial charge in [0.25, 0.3) is 5.56 Å². The molecule has 2 atom stereocenters. The molecule has 2 N–H and O–H groups in total. The van der Waals surface area contributed by atoms with Crippen LogP contribution in [0, 0.1) is 0 Å². The van der Waals surface area contributed by atoms with E-state index >= 15 is 0 Å². The van der Waals surface area contributed by atoms with Crippen molar-refractivity contribution in [3.63, 3.8) is 0 Å². The third-order valence-corrected chi connectivity index (χ3v) is 7.74. The predicted octanol–water partition coefficient (Wildman–Crippen LogP) is 4.05. The Balaban J connectivity index is 2.21. The summed E-state index contributed by atoms with van der Waals surface area (Å²) in [5.74, 6) is -0.357. The number of hydrogen-bond acceptors (Lipinski definition) is 5. The number of amides is 1. The molecule has 0 spiro atoms. The van der Waals surface area contributed by atoms with E-state index in [2.05, 4.69) is 6.92 Å². The fourth-order valence-corrected chi connectivity index (χ4v) is 5.87. The van der Waals surface area contributed by atoms with Gasteiger partial charge in [0.1, 0.15) is 4.83 Å². The quantitative estimate of drug-likeness (QED) is 0.456. The first-order valence-electron chi connectivity index (χ1n) is 9.50. The average Bonchev–Trinajstić information content (AvgIpc) is 2.80. The molecule has 1 aliphatic rings. The molecule has 142 valence electrons. The molecule has 0 bridgehead atoms. The number of thiophene rings is 1.